The van der Waals surface area contributed by atoms with Crippen LogP contribution in [-0.4, -0.2) is 6.04 Å². The van der Waals surface area contributed by atoms with Crippen LogP contribution in [0, 0.1) is 0 Å². The van der Waals surface area contributed by atoms with Crippen LogP contribution in [0.4, 0.5) is 5.69 Å². The van der Waals surface area contributed by atoms with E-state index in [1.807, 2.05) is 11.3 Å². The zero-order valence-corrected chi connectivity index (χ0v) is 34.6. The first-order chi connectivity index (χ1) is 29.0. The van der Waals surface area contributed by atoms with Crippen LogP contribution in [-0.2, 0) is 5.41 Å². The molecule has 0 saturated heterocycles. The minimum Gasteiger partial charge on any atom is -0.334 e. The molecule has 0 amide bonds. The van der Waals surface area contributed by atoms with E-state index in [1.54, 1.807) is 5.57 Å². The summed E-state index contributed by atoms with van der Waals surface area (Å²) >= 11 is 1.89. The number of fused-ring (bicyclic) bond motifs is 5. The third-order valence-corrected chi connectivity index (χ3v) is 14.4. The maximum atomic E-state index is 2.58. The summed E-state index contributed by atoms with van der Waals surface area (Å²) in [5.41, 5.74) is 17.8. The summed E-state index contributed by atoms with van der Waals surface area (Å²) in [4.78, 5) is 2.58. The predicted molar refractivity (Wildman–Crippen MR) is 254 cm³/mol. The Morgan fingerprint density at radius 1 is 0.644 bits per heavy atom. The quantitative estimate of drug-likeness (QED) is 0.156. The molecule has 0 fully saturated rings. The molecule has 6 aromatic carbocycles. The van der Waals surface area contributed by atoms with Crippen LogP contribution < -0.4 is 4.90 Å². The smallest absolute Gasteiger partial charge is 0.0560 e. The molecule has 59 heavy (non-hydrogen) atoms. The van der Waals surface area contributed by atoms with Crippen LogP contribution in [0.15, 0.2) is 199 Å². The fraction of sp³-hybridized carbons (Fsp3) is 0.158. The maximum Gasteiger partial charge on any atom is 0.0560 e. The zero-order chi connectivity index (χ0) is 39.5. The van der Waals surface area contributed by atoms with Gasteiger partial charge in [-0.1, -0.05) is 177 Å². The first-order valence-electron chi connectivity index (χ1n) is 21.3. The van der Waals surface area contributed by atoms with E-state index in [0.29, 0.717) is 0 Å². The summed E-state index contributed by atoms with van der Waals surface area (Å²) in [6.07, 6.45) is 21.2. The topological polar surface area (TPSA) is 3.24 Å². The van der Waals surface area contributed by atoms with Gasteiger partial charge >= 0.3 is 0 Å². The average Bonchev–Trinajstić information content (AvgIpc) is 3.79. The number of benzene rings is 6. The molecule has 1 nitrogen and oxygen atoms in total. The van der Waals surface area contributed by atoms with Gasteiger partial charge in [0.25, 0.3) is 0 Å². The van der Waals surface area contributed by atoms with Crippen LogP contribution in [0.1, 0.15) is 73.3 Å². The monoisotopic (exact) mass is 777 g/mol. The highest BCUT2D eigenvalue weighted by Crippen LogP contribution is 2.52. The molecule has 4 aliphatic carbocycles. The predicted octanol–water partition coefficient (Wildman–Crippen LogP) is 15.5. The molecule has 11 rings (SSSR count). The Hall–Kier alpha value is -6.22. The van der Waals surface area contributed by atoms with E-state index in [-0.39, 0.29) is 17.4 Å². The normalized spacial score (nSPS) is 19.3. The molecular weight excluding hydrogens is 731 g/mol. The standard InChI is InChI=1S/C57H47NS/c1-57(2)52-25-8-6-22-49(52)51-37-44(30-33-53(51)57)41-17-10-16-40(34-41)43-19-12-21-47(36-43)58(46-20-11-18-42(35-46)38-14-4-3-5-15-38)45-31-28-39(29-32-45)48-24-13-27-55-56(48)50-23-7-9-26-54(50)59-55/h3-18,20-29,31,34-37,43,45H,19,30,32-33H2,1-2H3. The Morgan fingerprint density at radius 3 is 2.31 bits per heavy atom. The Balaban J connectivity index is 0.944. The Bertz CT molecular complexity index is 2980. The highest BCUT2D eigenvalue weighted by atomic mass is 32.1. The van der Waals surface area contributed by atoms with Gasteiger partial charge in [0.15, 0.2) is 0 Å². The van der Waals surface area contributed by atoms with Gasteiger partial charge in [0.05, 0.1) is 6.04 Å². The van der Waals surface area contributed by atoms with Crippen molar-refractivity contribution in [2.45, 2.75) is 56.9 Å². The maximum absolute atomic E-state index is 2.58. The van der Waals surface area contributed by atoms with Crippen molar-refractivity contribution in [2.24, 2.45) is 0 Å². The number of allylic oxidation sites excluding steroid dienone is 9. The van der Waals surface area contributed by atoms with E-state index in [1.165, 1.54) is 87.2 Å². The number of hydrogen-bond acceptors (Lipinski definition) is 2. The lowest BCUT2D eigenvalue weighted by Crippen LogP contribution is -2.34. The summed E-state index contributed by atoms with van der Waals surface area (Å²) in [7, 11) is 0. The van der Waals surface area contributed by atoms with Gasteiger partial charge in [-0.05, 0) is 112 Å². The number of thiophene rings is 1. The summed E-state index contributed by atoms with van der Waals surface area (Å²) in [5, 5.41) is 2.72. The summed E-state index contributed by atoms with van der Waals surface area (Å²) in [6.45, 7) is 4.81. The van der Waals surface area contributed by atoms with Crippen molar-refractivity contribution >= 4 is 53.9 Å². The molecule has 0 bridgehead atoms. The highest BCUT2D eigenvalue weighted by molar-refractivity contribution is 7.25. The minimum atomic E-state index is 0.0930. The Morgan fingerprint density at radius 2 is 1.41 bits per heavy atom. The molecule has 4 aliphatic rings. The third kappa shape index (κ3) is 6.29. The molecule has 2 unspecified atom stereocenters. The third-order valence-electron chi connectivity index (χ3n) is 13.3. The van der Waals surface area contributed by atoms with Crippen molar-refractivity contribution in [1.82, 2.24) is 0 Å². The first kappa shape index (κ1) is 35.9. The van der Waals surface area contributed by atoms with E-state index in [4.69, 9.17) is 0 Å². The lowest BCUT2D eigenvalue weighted by molar-refractivity contribution is 0.609. The largest absolute Gasteiger partial charge is 0.334 e. The van der Waals surface area contributed by atoms with Crippen molar-refractivity contribution in [3.8, 4) is 11.1 Å². The van der Waals surface area contributed by atoms with E-state index in [0.717, 1.165) is 25.7 Å². The fourth-order valence-electron chi connectivity index (χ4n) is 10.3. The first-order valence-corrected chi connectivity index (χ1v) is 22.1. The Labute approximate surface area is 352 Å². The van der Waals surface area contributed by atoms with Gasteiger partial charge in [-0.2, -0.15) is 0 Å². The lowest BCUT2D eigenvalue weighted by Gasteiger charge is -2.36. The van der Waals surface area contributed by atoms with E-state index in [9.17, 15) is 0 Å². The summed E-state index contributed by atoms with van der Waals surface area (Å²) in [6, 6.07) is 54.2. The van der Waals surface area contributed by atoms with E-state index in [2.05, 4.69) is 207 Å². The Kier molecular flexibility index (Phi) is 8.86. The number of anilines is 1. The van der Waals surface area contributed by atoms with Crippen LogP contribution in [0.25, 0.3) is 48.0 Å². The molecule has 0 N–H and O–H groups in total. The van der Waals surface area contributed by atoms with Crippen molar-refractivity contribution in [3.05, 3.63) is 227 Å². The summed E-state index contributed by atoms with van der Waals surface area (Å²) < 4.78 is 2.70. The molecule has 7 aromatic rings. The van der Waals surface area contributed by atoms with Crippen molar-refractivity contribution in [1.29, 1.82) is 0 Å². The van der Waals surface area contributed by atoms with Crippen molar-refractivity contribution in [2.75, 3.05) is 4.90 Å². The SMILES string of the molecule is CC1(C)C2=C(C=C(c3cccc(C4C=C(N(c5cccc(-c6ccccc6)c5)C5C=CC(c6cccc7sc8ccccc8c67)=CC5)C=CC4)c3)CC2)c2ccccc21. The molecule has 0 radical (unpaired) electrons. The van der Waals surface area contributed by atoms with Gasteiger partial charge < -0.3 is 4.90 Å². The molecule has 0 spiro atoms. The molecule has 2 atom stereocenters. The summed E-state index contributed by atoms with van der Waals surface area (Å²) in [5.74, 6) is 0.281. The van der Waals surface area contributed by atoms with E-state index >= 15 is 0 Å². The van der Waals surface area contributed by atoms with Gasteiger partial charge in [0.2, 0.25) is 0 Å². The van der Waals surface area contributed by atoms with Crippen LogP contribution in [0.5, 0.6) is 0 Å². The van der Waals surface area contributed by atoms with E-state index < -0.39 is 0 Å². The molecule has 2 heteroatoms. The number of hydrogen-bond donors (Lipinski definition) is 0. The minimum absolute atomic E-state index is 0.0930. The second-order valence-corrected chi connectivity index (χ2v) is 18.2. The second-order valence-electron chi connectivity index (χ2n) is 17.1. The zero-order valence-electron chi connectivity index (χ0n) is 33.7. The highest BCUT2D eigenvalue weighted by Gasteiger charge is 2.38. The second kappa shape index (κ2) is 14.6. The molecule has 286 valence electrons. The van der Waals surface area contributed by atoms with Crippen LogP contribution in [0.2, 0.25) is 0 Å². The number of nitrogens with zero attached hydrogens (tertiary/aromatic N) is 1. The molecule has 0 saturated carbocycles. The van der Waals surface area contributed by atoms with Gasteiger partial charge in [-0.3, -0.25) is 0 Å². The lowest BCUT2D eigenvalue weighted by atomic mass is 9.77. The van der Waals surface area contributed by atoms with Gasteiger partial charge in [-0.25, -0.2) is 0 Å². The molecule has 1 aromatic heterocycles. The molecular formula is C57H47NS. The van der Waals surface area contributed by atoms with Crippen molar-refractivity contribution in [3.63, 3.8) is 0 Å². The fourth-order valence-corrected chi connectivity index (χ4v) is 11.4. The van der Waals surface area contributed by atoms with Gasteiger partial charge in [-0.15, -0.1) is 11.3 Å². The average molecular weight is 778 g/mol. The molecule has 0 aliphatic heterocycles. The molecule has 1 heterocycles. The van der Waals surface area contributed by atoms with Crippen molar-refractivity contribution < 1.29 is 0 Å². The van der Waals surface area contributed by atoms with Crippen LogP contribution in [0.3, 0.4) is 0 Å². The van der Waals surface area contributed by atoms with Crippen LogP contribution >= 0.6 is 11.3 Å². The van der Waals surface area contributed by atoms with Gasteiger partial charge in [0, 0.05) is 42.9 Å². The van der Waals surface area contributed by atoms with Gasteiger partial charge in [0.1, 0.15) is 0 Å². The number of rotatable bonds is 7.